The van der Waals surface area contributed by atoms with Gasteiger partial charge in [-0.15, -0.1) is 5.10 Å². The Morgan fingerprint density at radius 2 is 1.81 bits per heavy atom. The van der Waals surface area contributed by atoms with Gasteiger partial charge in [0.05, 0.1) is 18.9 Å². The van der Waals surface area contributed by atoms with Gasteiger partial charge in [-0.25, -0.2) is 4.68 Å². The van der Waals surface area contributed by atoms with Gasteiger partial charge in [-0.2, -0.15) is 0 Å². The number of nitrogens with zero attached hydrogens (tertiary/aromatic N) is 5. The van der Waals surface area contributed by atoms with Crippen LogP contribution in [0, 0.1) is 5.92 Å². The molecule has 7 nitrogen and oxygen atoms in total. The summed E-state index contributed by atoms with van der Waals surface area (Å²) < 4.78 is 6.95. The summed E-state index contributed by atoms with van der Waals surface area (Å²) in [4.78, 5) is 15.0. The molecule has 0 bridgehead atoms. The van der Waals surface area contributed by atoms with E-state index in [0.717, 1.165) is 43.7 Å². The number of tetrazole rings is 1. The lowest BCUT2D eigenvalue weighted by Gasteiger charge is -2.33. The Hall–Kier alpha value is -2.87. The molecule has 0 radical (unpaired) electrons. The van der Waals surface area contributed by atoms with Crippen LogP contribution in [0.5, 0.6) is 5.75 Å². The van der Waals surface area contributed by atoms with Crippen molar-refractivity contribution in [3.05, 3.63) is 65.7 Å². The zero-order chi connectivity index (χ0) is 22.3. The Labute approximate surface area is 193 Å². The maximum absolute atomic E-state index is 13.0. The van der Waals surface area contributed by atoms with Crippen molar-refractivity contribution in [2.24, 2.45) is 5.92 Å². The van der Waals surface area contributed by atoms with Crippen molar-refractivity contribution in [3.8, 4) is 5.75 Å². The monoisotopic (exact) mass is 451 g/mol. The fourth-order valence-electron chi connectivity index (χ4n) is 4.05. The molecule has 1 atom stereocenters. The van der Waals surface area contributed by atoms with Crippen LogP contribution in [-0.2, 0) is 17.8 Å². The van der Waals surface area contributed by atoms with E-state index in [1.54, 1.807) is 11.8 Å². The summed E-state index contributed by atoms with van der Waals surface area (Å²) in [5.74, 6) is 1.61. The van der Waals surface area contributed by atoms with Gasteiger partial charge in [0.1, 0.15) is 5.75 Å². The molecule has 0 saturated carbocycles. The standard InChI is InChI=1S/C24H29N5O2S/c1-18(23(30)28-14-12-20(13-15-28)16-19-6-4-3-5-7-19)32-24-25-26-27-29(24)17-21-8-10-22(31-2)11-9-21/h3-11,18,20H,12-17H2,1-2H3/t18-/m0/s1. The highest BCUT2D eigenvalue weighted by atomic mass is 32.2. The summed E-state index contributed by atoms with van der Waals surface area (Å²) in [5.41, 5.74) is 2.45. The third-order valence-electron chi connectivity index (χ3n) is 5.91. The fraction of sp³-hybridized carbons (Fsp3) is 0.417. The topological polar surface area (TPSA) is 73.1 Å². The smallest absolute Gasteiger partial charge is 0.235 e. The lowest BCUT2D eigenvalue weighted by atomic mass is 9.90. The summed E-state index contributed by atoms with van der Waals surface area (Å²) in [5, 5.41) is 12.5. The number of likely N-dealkylation sites (tertiary alicyclic amines) is 1. The first-order valence-electron chi connectivity index (χ1n) is 11.0. The molecule has 168 valence electrons. The van der Waals surface area contributed by atoms with Crippen molar-refractivity contribution in [2.75, 3.05) is 20.2 Å². The number of rotatable bonds is 8. The molecule has 3 aromatic rings. The molecule has 1 amide bonds. The van der Waals surface area contributed by atoms with Gasteiger partial charge in [0.2, 0.25) is 11.1 Å². The fourth-order valence-corrected chi connectivity index (χ4v) is 4.93. The molecule has 2 aromatic carbocycles. The van der Waals surface area contributed by atoms with Crippen molar-refractivity contribution in [1.82, 2.24) is 25.1 Å². The zero-order valence-corrected chi connectivity index (χ0v) is 19.4. The Balaban J connectivity index is 1.29. The number of hydrogen-bond donors (Lipinski definition) is 0. The normalized spacial score (nSPS) is 15.5. The SMILES string of the molecule is COc1ccc(Cn2nnnc2S[C@@H](C)C(=O)N2CCC(Cc3ccccc3)CC2)cc1. The van der Waals surface area contributed by atoms with E-state index in [0.29, 0.717) is 17.6 Å². The molecule has 1 aromatic heterocycles. The molecule has 8 heteroatoms. The number of hydrogen-bond acceptors (Lipinski definition) is 6. The van der Waals surface area contributed by atoms with E-state index in [-0.39, 0.29) is 11.2 Å². The van der Waals surface area contributed by atoms with Crippen LogP contribution in [0.1, 0.15) is 30.9 Å². The number of methoxy groups -OCH3 is 1. The summed E-state index contributed by atoms with van der Waals surface area (Å²) in [6, 6.07) is 18.4. The number of carbonyl (C=O) groups excluding carboxylic acids is 1. The van der Waals surface area contributed by atoms with E-state index >= 15 is 0 Å². The molecule has 4 rings (SSSR count). The molecule has 1 aliphatic rings. The van der Waals surface area contributed by atoms with Gasteiger partial charge in [-0.3, -0.25) is 4.79 Å². The maximum atomic E-state index is 13.0. The highest BCUT2D eigenvalue weighted by Crippen LogP contribution is 2.26. The minimum absolute atomic E-state index is 0.159. The second-order valence-corrected chi connectivity index (χ2v) is 9.49. The van der Waals surface area contributed by atoms with Crippen LogP contribution < -0.4 is 4.74 Å². The first kappa shape index (κ1) is 22.3. The van der Waals surface area contributed by atoms with Crippen molar-refractivity contribution < 1.29 is 9.53 Å². The lowest BCUT2D eigenvalue weighted by molar-refractivity contribution is -0.131. The van der Waals surface area contributed by atoms with Crippen LogP contribution >= 0.6 is 11.8 Å². The first-order chi connectivity index (χ1) is 15.6. The Bertz CT molecular complexity index is 1000. The quantitative estimate of drug-likeness (QED) is 0.487. The molecule has 0 aliphatic carbocycles. The van der Waals surface area contributed by atoms with Gasteiger partial charge >= 0.3 is 0 Å². The number of benzene rings is 2. The van der Waals surface area contributed by atoms with Gasteiger partial charge in [0.25, 0.3) is 0 Å². The van der Waals surface area contributed by atoms with Crippen LogP contribution in [0.2, 0.25) is 0 Å². The average molecular weight is 452 g/mol. The molecule has 1 saturated heterocycles. The van der Waals surface area contributed by atoms with E-state index < -0.39 is 0 Å². The summed E-state index contributed by atoms with van der Waals surface area (Å²) in [7, 11) is 1.65. The van der Waals surface area contributed by atoms with Gasteiger partial charge < -0.3 is 9.64 Å². The lowest BCUT2D eigenvalue weighted by Crippen LogP contribution is -2.42. The minimum Gasteiger partial charge on any atom is -0.497 e. The van der Waals surface area contributed by atoms with Crippen molar-refractivity contribution in [1.29, 1.82) is 0 Å². The largest absolute Gasteiger partial charge is 0.497 e. The van der Waals surface area contributed by atoms with Gasteiger partial charge in [0.15, 0.2) is 0 Å². The van der Waals surface area contributed by atoms with E-state index in [4.69, 9.17) is 4.74 Å². The number of aromatic nitrogens is 4. The molecule has 0 spiro atoms. The Morgan fingerprint density at radius 3 is 2.50 bits per heavy atom. The van der Waals surface area contributed by atoms with E-state index in [1.165, 1.54) is 17.3 Å². The van der Waals surface area contributed by atoms with Crippen molar-refractivity contribution in [3.63, 3.8) is 0 Å². The van der Waals surface area contributed by atoms with Crippen LogP contribution in [0.4, 0.5) is 0 Å². The zero-order valence-electron chi connectivity index (χ0n) is 18.6. The second-order valence-electron chi connectivity index (χ2n) is 8.19. The summed E-state index contributed by atoms with van der Waals surface area (Å²) >= 11 is 1.42. The molecule has 1 fully saturated rings. The molecular formula is C24H29N5O2S. The highest BCUT2D eigenvalue weighted by molar-refractivity contribution is 8.00. The molecule has 1 aliphatic heterocycles. The highest BCUT2D eigenvalue weighted by Gasteiger charge is 2.27. The van der Waals surface area contributed by atoms with Crippen LogP contribution in [0.3, 0.4) is 0 Å². The number of amides is 1. The van der Waals surface area contributed by atoms with Crippen LogP contribution in [0.25, 0.3) is 0 Å². The van der Waals surface area contributed by atoms with Gasteiger partial charge in [-0.1, -0.05) is 54.2 Å². The predicted molar refractivity (Wildman–Crippen MR) is 125 cm³/mol. The molecule has 0 unspecified atom stereocenters. The van der Waals surface area contributed by atoms with Crippen molar-refractivity contribution >= 4 is 17.7 Å². The minimum atomic E-state index is -0.235. The Morgan fingerprint density at radius 1 is 1.09 bits per heavy atom. The summed E-state index contributed by atoms with van der Waals surface area (Å²) in [6.07, 6.45) is 3.19. The average Bonchev–Trinajstić information content (AvgIpc) is 3.26. The molecular weight excluding hydrogens is 422 g/mol. The van der Waals surface area contributed by atoms with E-state index in [2.05, 4.69) is 45.9 Å². The van der Waals surface area contributed by atoms with Crippen molar-refractivity contribution in [2.45, 2.75) is 43.1 Å². The molecule has 32 heavy (non-hydrogen) atoms. The number of thioether (sulfide) groups is 1. The number of piperidine rings is 1. The first-order valence-corrected chi connectivity index (χ1v) is 11.9. The third-order valence-corrected chi connectivity index (χ3v) is 6.97. The van der Waals surface area contributed by atoms with Gasteiger partial charge in [-0.05, 0) is 65.8 Å². The summed E-state index contributed by atoms with van der Waals surface area (Å²) in [6.45, 7) is 4.12. The molecule has 0 N–H and O–H groups in total. The Kier molecular flexibility index (Phi) is 7.42. The van der Waals surface area contributed by atoms with Gasteiger partial charge in [0, 0.05) is 13.1 Å². The number of ether oxygens (including phenoxy) is 1. The second kappa shape index (κ2) is 10.6. The molecule has 2 heterocycles. The van der Waals surface area contributed by atoms with Crippen LogP contribution in [0.15, 0.2) is 59.8 Å². The number of carbonyl (C=O) groups is 1. The maximum Gasteiger partial charge on any atom is 0.235 e. The van der Waals surface area contributed by atoms with Crippen LogP contribution in [-0.4, -0.2) is 56.5 Å². The van der Waals surface area contributed by atoms with E-state index in [1.807, 2.05) is 36.1 Å². The predicted octanol–water partition coefficient (Wildman–Crippen LogP) is 3.69. The van der Waals surface area contributed by atoms with E-state index in [9.17, 15) is 4.79 Å². The third kappa shape index (κ3) is 5.68.